The molecule has 0 bridgehead atoms. The van der Waals surface area contributed by atoms with Gasteiger partial charge in [0.15, 0.2) is 12.2 Å². The van der Waals surface area contributed by atoms with Crippen molar-refractivity contribution in [1.29, 1.82) is 0 Å². The zero-order chi connectivity index (χ0) is 76.9. The fraction of sp³-hybridized carbons (Fsp3) is 0.953. The molecule has 19 heteroatoms. The second-order valence-corrected chi connectivity index (χ2v) is 34.3. The first-order chi connectivity index (χ1) is 51.0. The highest BCUT2D eigenvalue weighted by atomic mass is 31.2. The topological polar surface area (TPSA) is 237 Å². The summed E-state index contributed by atoms with van der Waals surface area (Å²) in [6.45, 7) is 7.37. The Balaban J connectivity index is 5.24. The quantitative estimate of drug-likeness (QED) is 0.0222. The van der Waals surface area contributed by atoms with Gasteiger partial charge in [-0.2, -0.15) is 0 Å². The molecule has 5 atom stereocenters. The Morgan fingerprint density at radius 2 is 0.438 bits per heavy atom. The average Bonchev–Trinajstić information content (AvgIpc) is 0.910. The molecular weight excluding hydrogens is 1370 g/mol. The Bertz CT molecular complexity index is 2000. The van der Waals surface area contributed by atoms with Crippen molar-refractivity contribution in [2.45, 2.75) is 483 Å². The number of esters is 4. The number of hydrogen-bond donors (Lipinski definition) is 3. The number of rotatable bonds is 86. The average molecular weight is 1540 g/mol. The van der Waals surface area contributed by atoms with E-state index in [9.17, 15) is 43.2 Å². The van der Waals surface area contributed by atoms with Crippen molar-refractivity contribution < 1.29 is 80.2 Å². The van der Waals surface area contributed by atoms with E-state index in [1.807, 2.05) is 0 Å². The van der Waals surface area contributed by atoms with Gasteiger partial charge in [-0.1, -0.05) is 413 Å². The number of aliphatic hydroxyl groups excluding tert-OH is 1. The van der Waals surface area contributed by atoms with Gasteiger partial charge in [0.2, 0.25) is 0 Å². The summed E-state index contributed by atoms with van der Waals surface area (Å²) in [5.74, 6) is -1.33. The molecule has 0 rings (SSSR count). The van der Waals surface area contributed by atoms with Crippen LogP contribution in [0.15, 0.2) is 0 Å². The number of carbonyl (C=O) groups excluding carboxylic acids is 4. The molecule has 0 aliphatic heterocycles. The molecule has 0 fully saturated rings. The summed E-state index contributed by atoms with van der Waals surface area (Å²) in [5.41, 5.74) is 0. The van der Waals surface area contributed by atoms with Crippen LogP contribution < -0.4 is 0 Å². The monoisotopic (exact) mass is 1540 g/mol. The third kappa shape index (κ3) is 79.9. The molecule has 624 valence electrons. The summed E-state index contributed by atoms with van der Waals surface area (Å²) >= 11 is 0. The molecule has 0 saturated carbocycles. The van der Waals surface area contributed by atoms with Crippen molar-refractivity contribution in [3.05, 3.63) is 0 Å². The van der Waals surface area contributed by atoms with Crippen LogP contribution in [-0.4, -0.2) is 96.7 Å². The van der Waals surface area contributed by atoms with Crippen LogP contribution in [-0.2, 0) is 65.4 Å². The number of phosphoric acid groups is 2. The molecule has 0 aromatic rings. The fourth-order valence-corrected chi connectivity index (χ4v) is 15.1. The molecule has 0 aromatic heterocycles. The summed E-state index contributed by atoms with van der Waals surface area (Å²) < 4.78 is 68.9. The standard InChI is InChI=1S/C86H168O17P2/c1-6-9-12-15-18-21-24-27-29-31-33-35-37-39-41-46-51-56-61-66-71-85(90)102-81(76-97-84(89)70-65-60-55-50-45-40-38-36-34-32-30-28-25-22-19-16-13-10-7-2)77-100-104(92,93)98-73-80(87)74-99-105(94,95)101-78-82(75-96-83(88)69-64-59-54-49-44-26-23-20-17-14-11-8-3)103-86(91)72-67-62-57-52-47-42-43-48-53-58-63-68-79(4)5/h79-82,87H,6-78H2,1-5H3,(H,92,93)(H,94,95)/t80-,81-,82-/m1/s1. The molecular formula is C86H168O17P2. The van der Waals surface area contributed by atoms with Crippen LogP contribution in [0.5, 0.6) is 0 Å². The van der Waals surface area contributed by atoms with E-state index in [0.29, 0.717) is 25.7 Å². The fourth-order valence-electron chi connectivity index (χ4n) is 13.5. The minimum Gasteiger partial charge on any atom is -0.462 e. The molecule has 0 radical (unpaired) electrons. The molecule has 105 heavy (non-hydrogen) atoms. The normalized spacial score (nSPS) is 13.8. The lowest BCUT2D eigenvalue weighted by atomic mass is 10.0. The largest absolute Gasteiger partial charge is 0.472 e. The highest BCUT2D eigenvalue weighted by Gasteiger charge is 2.30. The summed E-state index contributed by atoms with van der Waals surface area (Å²) in [6, 6.07) is 0. The lowest BCUT2D eigenvalue weighted by molar-refractivity contribution is -0.161. The van der Waals surface area contributed by atoms with Gasteiger partial charge < -0.3 is 33.8 Å². The van der Waals surface area contributed by atoms with Gasteiger partial charge in [-0.15, -0.1) is 0 Å². The van der Waals surface area contributed by atoms with E-state index in [2.05, 4.69) is 34.6 Å². The number of ether oxygens (including phenoxy) is 4. The minimum atomic E-state index is -4.97. The van der Waals surface area contributed by atoms with Crippen LogP contribution >= 0.6 is 15.6 Å². The van der Waals surface area contributed by atoms with Gasteiger partial charge >= 0.3 is 39.5 Å². The lowest BCUT2D eigenvalue weighted by Crippen LogP contribution is -2.30. The zero-order valence-corrected chi connectivity index (χ0v) is 70.7. The highest BCUT2D eigenvalue weighted by Crippen LogP contribution is 2.45. The Morgan fingerprint density at radius 3 is 0.648 bits per heavy atom. The molecule has 3 N–H and O–H groups in total. The first kappa shape index (κ1) is 103. The van der Waals surface area contributed by atoms with Gasteiger partial charge in [0.05, 0.1) is 26.4 Å². The number of aliphatic hydroxyl groups is 1. The van der Waals surface area contributed by atoms with Crippen LogP contribution in [0.2, 0.25) is 0 Å². The molecule has 0 heterocycles. The Morgan fingerprint density at radius 1 is 0.257 bits per heavy atom. The smallest absolute Gasteiger partial charge is 0.462 e. The number of unbranched alkanes of at least 4 members (excludes halogenated alkanes) is 58. The van der Waals surface area contributed by atoms with Crippen molar-refractivity contribution in [3.8, 4) is 0 Å². The van der Waals surface area contributed by atoms with E-state index < -0.39 is 97.5 Å². The summed E-state index contributed by atoms with van der Waals surface area (Å²) in [4.78, 5) is 73.2. The maximum atomic E-state index is 13.2. The van der Waals surface area contributed by atoms with Crippen LogP contribution in [0.25, 0.3) is 0 Å². The summed E-state index contributed by atoms with van der Waals surface area (Å²) in [7, 11) is -9.93. The van der Waals surface area contributed by atoms with Gasteiger partial charge in [-0.25, -0.2) is 9.13 Å². The van der Waals surface area contributed by atoms with E-state index in [4.69, 9.17) is 37.0 Å². The highest BCUT2D eigenvalue weighted by molar-refractivity contribution is 7.47. The van der Waals surface area contributed by atoms with Crippen molar-refractivity contribution in [3.63, 3.8) is 0 Å². The van der Waals surface area contributed by atoms with Gasteiger partial charge in [0, 0.05) is 25.7 Å². The Labute approximate surface area is 645 Å². The van der Waals surface area contributed by atoms with E-state index in [-0.39, 0.29) is 25.7 Å². The molecule has 0 saturated heterocycles. The third-order valence-corrected chi connectivity index (χ3v) is 22.2. The van der Waals surface area contributed by atoms with Gasteiger partial charge in [0.25, 0.3) is 0 Å². The van der Waals surface area contributed by atoms with Crippen molar-refractivity contribution in [2.75, 3.05) is 39.6 Å². The maximum Gasteiger partial charge on any atom is 0.472 e. The zero-order valence-electron chi connectivity index (χ0n) is 68.9. The molecule has 0 aromatic carbocycles. The number of carbonyl (C=O) groups is 4. The molecule has 0 aliphatic carbocycles. The molecule has 0 amide bonds. The molecule has 17 nitrogen and oxygen atoms in total. The molecule has 0 aliphatic rings. The first-order valence-electron chi connectivity index (χ1n) is 44.6. The predicted molar refractivity (Wildman–Crippen MR) is 432 cm³/mol. The van der Waals surface area contributed by atoms with E-state index >= 15 is 0 Å². The Hall–Kier alpha value is -1.94. The van der Waals surface area contributed by atoms with Crippen LogP contribution in [0.3, 0.4) is 0 Å². The van der Waals surface area contributed by atoms with E-state index in [0.717, 1.165) is 95.8 Å². The SMILES string of the molecule is CCCCCCCCCCCCCCCCCCCCCCC(=O)O[C@H](COC(=O)CCCCCCCCCCCCCCCCCCCCC)COP(=O)(O)OC[C@@H](O)COP(=O)(O)OC[C@@H](COC(=O)CCCCCCCCCCCCCC)OC(=O)CCCCCCCCCCCCCC(C)C. The maximum absolute atomic E-state index is 13.2. The molecule has 0 spiro atoms. The van der Waals surface area contributed by atoms with Gasteiger partial charge in [0.1, 0.15) is 19.3 Å². The minimum absolute atomic E-state index is 0.107. The first-order valence-corrected chi connectivity index (χ1v) is 47.6. The number of phosphoric ester groups is 2. The van der Waals surface area contributed by atoms with Crippen molar-refractivity contribution >= 4 is 39.5 Å². The third-order valence-electron chi connectivity index (χ3n) is 20.3. The van der Waals surface area contributed by atoms with E-state index in [1.54, 1.807) is 0 Å². The van der Waals surface area contributed by atoms with Crippen LogP contribution in [0.4, 0.5) is 0 Å². The van der Waals surface area contributed by atoms with Gasteiger partial charge in [-0.3, -0.25) is 37.3 Å². The van der Waals surface area contributed by atoms with Gasteiger partial charge in [-0.05, 0) is 31.6 Å². The second kappa shape index (κ2) is 78.7. The predicted octanol–water partition coefficient (Wildman–Crippen LogP) is 26.4. The lowest BCUT2D eigenvalue weighted by Gasteiger charge is -2.21. The summed E-state index contributed by atoms with van der Waals surface area (Å²) in [5, 5.41) is 10.7. The van der Waals surface area contributed by atoms with Crippen molar-refractivity contribution in [2.24, 2.45) is 5.92 Å². The van der Waals surface area contributed by atoms with Crippen molar-refractivity contribution in [1.82, 2.24) is 0 Å². The van der Waals surface area contributed by atoms with Crippen LogP contribution in [0.1, 0.15) is 465 Å². The second-order valence-electron chi connectivity index (χ2n) is 31.4. The Kier molecular flexibility index (Phi) is 77.3. The number of hydrogen-bond acceptors (Lipinski definition) is 15. The van der Waals surface area contributed by atoms with E-state index in [1.165, 1.54) is 289 Å². The summed E-state index contributed by atoms with van der Waals surface area (Å²) in [6.07, 6.45) is 72.2. The molecule has 2 unspecified atom stereocenters. The van der Waals surface area contributed by atoms with Crippen LogP contribution in [0, 0.1) is 5.92 Å².